The van der Waals surface area contributed by atoms with Gasteiger partial charge in [-0.25, -0.2) is 4.79 Å². The fourth-order valence-electron chi connectivity index (χ4n) is 2.25. The van der Waals surface area contributed by atoms with Crippen molar-refractivity contribution >= 4 is 11.9 Å². The number of amides is 1. The third-order valence-electron chi connectivity index (χ3n) is 3.50. The van der Waals surface area contributed by atoms with E-state index in [4.69, 9.17) is 4.74 Å². The van der Waals surface area contributed by atoms with E-state index in [2.05, 4.69) is 10.3 Å². The molecule has 1 fully saturated rings. The van der Waals surface area contributed by atoms with Crippen LogP contribution in [0.15, 0.2) is 24.5 Å². The minimum absolute atomic E-state index is 0.252. The molecule has 6 nitrogen and oxygen atoms in total. The van der Waals surface area contributed by atoms with E-state index in [0.717, 1.165) is 5.56 Å². The number of hydrogen-bond donors (Lipinski definition) is 2. The maximum atomic E-state index is 12.0. The second-order valence-electron chi connectivity index (χ2n) is 4.91. The van der Waals surface area contributed by atoms with E-state index >= 15 is 0 Å². The van der Waals surface area contributed by atoms with Crippen LogP contribution < -0.4 is 5.32 Å². The lowest BCUT2D eigenvalue weighted by Gasteiger charge is -2.33. The van der Waals surface area contributed by atoms with E-state index in [1.807, 2.05) is 12.1 Å². The number of rotatable bonds is 5. The number of nitrogens with one attached hydrogen (secondary N) is 1. The van der Waals surface area contributed by atoms with Gasteiger partial charge in [-0.1, -0.05) is 6.07 Å². The highest BCUT2D eigenvalue weighted by Gasteiger charge is 2.41. The summed E-state index contributed by atoms with van der Waals surface area (Å²) in [5.74, 6) is -1.24. The van der Waals surface area contributed by atoms with E-state index in [0.29, 0.717) is 32.5 Å². The summed E-state index contributed by atoms with van der Waals surface area (Å²) in [5.41, 5.74) is -0.219. The summed E-state index contributed by atoms with van der Waals surface area (Å²) < 4.78 is 5.16. The first-order valence-corrected chi connectivity index (χ1v) is 6.63. The smallest absolute Gasteiger partial charge is 0.329 e. The van der Waals surface area contributed by atoms with Crippen LogP contribution in [0.5, 0.6) is 0 Å². The molecule has 1 aliphatic rings. The van der Waals surface area contributed by atoms with Crippen LogP contribution in [0.2, 0.25) is 0 Å². The van der Waals surface area contributed by atoms with Crippen molar-refractivity contribution in [3.63, 3.8) is 0 Å². The number of aryl methyl sites for hydroxylation is 1. The van der Waals surface area contributed by atoms with E-state index < -0.39 is 11.5 Å². The number of carboxylic acid groups (broad SMARTS) is 1. The highest BCUT2D eigenvalue weighted by Crippen LogP contribution is 2.21. The molecule has 1 aromatic heterocycles. The molecular weight excluding hydrogens is 260 g/mol. The monoisotopic (exact) mass is 278 g/mol. The van der Waals surface area contributed by atoms with Gasteiger partial charge in [0.15, 0.2) is 0 Å². The van der Waals surface area contributed by atoms with E-state index in [1.54, 1.807) is 12.4 Å². The highest BCUT2D eigenvalue weighted by molar-refractivity contribution is 5.87. The zero-order chi connectivity index (χ0) is 14.4. The number of hydrogen-bond acceptors (Lipinski definition) is 4. The number of aromatic nitrogens is 1. The first kappa shape index (κ1) is 14.5. The van der Waals surface area contributed by atoms with Crippen LogP contribution in [0.25, 0.3) is 0 Å². The molecule has 0 atom stereocenters. The molecule has 0 saturated carbocycles. The minimum atomic E-state index is -1.18. The average molecular weight is 278 g/mol. The average Bonchev–Trinajstić information content (AvgIpc) is 2.47. The number of aliphatic carboxylic acids is 1. The number of pyridine rings is 1. The van der Waals surface area contributed by atoms with E-state index in [9.17, 15) is 14.7 Å². The molecule has 0 aromatic carbocycles. The molecule has 2 rings (SSSR count). The molecule has 1 aliphatic heterocycles. The minimum Gasteiger partial charge on any atom is -0.480 e. The molecule has 1 amide bonds. The summed E-state index contributed by atoms with van der Waals surface area (Å²) in [6, 6.07) is 3.70. The molecule has 0 unspecified atom stereocenters. The van der Waals surface area contributed by atoms with Gasteiger partial charge in [0.25, 0.3) is 0 Å². The van der Waals surface area contributed by atoms with Crippen LogP contribution in [0.1, 0.15) is 24.8 Å². The van der Waals surface area contributed by atoms with Crippen LogP contribution in [-0.2, 0) is 20.7 Å². The molecule has 20 heavy (non-hydrogen) atoms. The third kappa shape index (κ3) is 3.54. The van der Waals surface area contributed by atoms with Crippen molar-refractivity contribution in [3.8, 4) is 0 Å². The SMILES string of the molecule is O=C(CCc1cccnc1)NC1(C(=O)O)CCOCC1. The zero-order valence-corrected chi connectivity index (χ0v) is 11.2. The fraction of sp³-hybridized carbons (Fsp3) is 0.500. The lowest BCUT2D eigenvalue weighted by Crippen LogP contribution is -2.57. The highest BCUT2D eigenvalue weighted by atomic mass is 16.5. The summed E-state index contributed by atoms with van der Waals surface area (Å²) in [6.45, 7) is 0.713. The summed E-state index contributed by atoms with van der Waals surface area (Å²) >= 11 is 0. The van der Waals surface area contributed by atoms with Crippen molar-refractivity contribution in [1.29, 1.82) is 0 Å². The van der Waals surface area contributed by atoms with Crippen LogP contribution in [0, 0.1) is 0 Å². The number of carboxylic acids is 1. The van der Waals surface area contributed by atoms with Crippen LogP contribution in [0.3, 0.4) is 0 Å². The van der Waals surface area contributed by atoms with Crippen molar-refractivity contribution in [1.82, 2.24) is 10.3 Å². The van der Waals surface area contributed by atoms with E-state index in [-0.39, 0.29) is 12.3 Å². The first-order chi connectivity index (χ1) is 9.62. The van der Waals surface area contributed by atoms with Gasteiger partial charge < -0.3 is 15.2 Å². The van der Waals surface area contributed by atoms with Gasteiger partial charge in [-0.3, -0.25) is 9.78 Å². The van der Waals surface area contributed by atoms with Crippen molar-refractivity contribution in [2.75, 3.05) is 13.2 Å². The molecular formula is C14H18N2O4. The van der Waals surface area contributed by atoms with Gasteiger partial charge in [0, 0.05) is 44.9 Å². The van der Waals surface area contributed by atoms with Gasteiger partial charge in [-0.05, 0) is 18.1 Å². The van der Waals surface area contributed by atoms with Crippen LogP contribution >= 0.6 is 0 Å². The molecule has 6 heteroatoms. The van der Waals surface area contributed by atoms with Gasteiger partial charge in [-0.2, -0.15) is 0 Å². The Hall–Kier alpha value is -1.95. The van der Waals surface area contributed by atoms with Crippen molar-refractivity contribution in [3.05, 3.63) is 30.1 Å². The number of carbonyl (C=O) groups excluding carboxylic acids is 1. The molecule has 1 aromatic rings. The maximum absolute atomic E-state index is 12.0. The number of ether oxygens (including phenoxy) is 1. The Kier molecular flexibility index (Phi) is 4.68. The third-order valence-corrected chi connectivity index (χ3v) is 3.50. The molecule has 0 bridgehead atoms. The molecule has 2 N–H and O–H groups in total. The lowest BCUT2D eigenvalue weighted by molar-refractivity contribution is -0.152. The summed E-state index contributed by atoms with van der Waals surface area (Å²) in [6.07, 6.45) is 4.79. The van der Waals surface area contributed by atoms with Gasteiger partial charge in [0.05, 0.1) is 0 Å². The molecule has 1 saturated heterocycles. The summed E-state index contributed by atoms with van der Waals surface area (Å²) in [4.78, 5) is 27.3. The Morgan fingerprint density at radius 2 is 2.15 bits per heavy atom. The zero-order valence-electron chi connectivity index (χ0n) is 11.2. The topological polar surface area (TPSA) is 88.5 Å². The van der Waals surface area contributed by atoms with Gasteiger partial charge >= 0.3 is 5.97 Å². The van der Waals surface area contributed by atoms with Gasteiger partial charge in [-0.15, -0.1) is 0 Å². The number of carbonyl (C=O) groups is 2. The van der Waals surface area contributed by atoms with Gasteiger partial charge in [0.2, 0.25) is 5.91 Å². The Bertz CT molecular complexity index is 469. The molecule has 0 aliphatic carbocycles. The summed E-state index contributed by atoms with van der Waals surface area (Å²) in [5, 5.41) is 12.0. The second kappa shape index (κ2) is 6.47. The largest absolute Gasteiger partial charge is 0.480 e. The standard InChI is InChI=1S/C14H18N2O4/c17-12(4-3-11-2-1-7-15-10-11)16-14(13(18)19)5-8-20-9-6-14/h1-2,7,10H,3-6,8-9H2,(H,16,17)(H,18,19). The molecule has 0 radical (unpaired) electrons. The predicted octanol–water partition coefficient (Wildman–Crippen LogP) is 0.764. The van der Waals surface area contributed by atoms with Crippen molar-refractivity contribution < 1.29 is 19.4 Å². The number of nitrogens with zero attached hydrogens (tertiary/aromatic N) is 1. The second-order valence-corrected chi connectivity index (χ2v) is 4.91. The predicted molar refractivity (Wildman–Crippen MR) is 71.1 cm³/mol. The van der Waals surface area contributed by atoms with Crippen molar-refractivity contribution in [2.45, 2.75) is 31.2 Å². The van der Waals surface area contributed by atoms with Crippen LogP contribution in [-0.4, -0.2) is 40.7 Å². The van der Waals surface area contributed by atoms with Crippen molar-refractivity contribution in [2.24, 2.45) is 0 Å². The fourth-order valence-corrected chi connectivity index (χ4v) is 2.25. The Labute approximate surface area is 117 Å². The summed E-state index contributed by atoms with van der Waals surface area (Å²) in [7, 11) is 0. The first-order valence-electron chi connectivity index (χ1n) is 6.63. The molecule has 0 spiro atoms. The van der Waals surface area contributed by atoms with Crippen LogP contribution in [0.4, 0.5) is 0 Å². The lowest BCUT2D eigenvalue weighted by atomic mass is 9.90. The molecule has 108 valence electrons. The normalized spacial score (nSPS) is 17.4. The van der Waals surface area contributed by atoms with Gasteiger partial charge in [0.1, 0.15) is 5.54 Å². The quantitative estimate of drug-likeness (QED) is 0.830. The Morgan fingerprint density at radius 3 is 2.75 bits per heavy atom. The Balaban J connectivity index is 1.90. The molecule has 2 heterocycles. The maximum Gasteiger partial charge on any atom is 0.329 e. The van der Waals surface area contributed by atoms with E-state index in [1.165, 1.54) is 0 Å². The Morgan fingerprint density at radius 1 is 1.40 bits per heavy atom.